The van der Waals surface area contributed by atoms with Gasteiger partial charge in [-0.1, -0.05) is 29.8 Å². The summed E-state index contributed by atoms with van der Waals surface area (Å²) in [6, 6.07) is 13.6. The smallest absolute Gasteiger partial charge is 0.253 e. The van der Waals surface area contributed by atoms with Crippen LogP contribution in [0.1, 0.15) is 39.9 Å². The molecule has 2 aromatic rings. The van der Waals surface area contributed by atoms with Crippen LogP contribution in [0.2, 0.25) is 0 Å². The molecule has 3 rings (SSSR count). The maximum Gasteiger partial charge on any atom is 0.253 e. The molecule has 0 saturated carbocycles. The second kappa shape index (κ2) is 8.71. The molecule has 5 nitrogen and oxygen atoms in total. The molecule has 0 aliphatic carbocycles. The van der Waals surface area contributed by atoms with Crippen molar-refractivity contribution in [3.63, 3.8) is 0 Å². The zero-order chi connectivity index (χ0) is 19.2. The second-order valence-electron chi connectivity index (χ2n) is 7.14. The molecular weight excluding hydrogens is 338 g/mol. The molecule has 1 aliphatic heterocycles. The van der Waals surface area contributed by atoms with Crippen LogP contribution in [0, 0.1) is 13.8 Å². The molecule has 2 amide bonds. The molecular formula is C22H27N3O2. The molecule has 1 aliphatic rings. The minimum Gasteiger partial charge on any atom is -0.376 e. The first-order chi connectivity index (χ1) is 13.0. The van der Waals surface area contributed by atoms with Crippen molar-refractivity contribution >= 4 is 17.5 Å². The van der Waals surface area contributed by atoms with Gasteiger partial charge in [0.15, 0.2) is 0 Å². The standard InChI is InChI=1S/C22H27N3O2/c1-16-5-10-20(17(2)13-16)23-15-21(26)24-14-18-6-8-19(9-7-18)22(27)25-11-3-4-12-25/h5-10,13,23H,3-4,11-12,14-15H2,1-2H3,(H,24,26). The lowest BCUT2D eigenvalue weighted by atomic mass is 10.1. The number of aryl methyl sites for hydroxylation is 2. The third-order valence-electron chi connectivity index (χ3n) is 4.91. The number of likely N-dealkylation sites (tertiary alicyclic amines) is 1. The van der Waals surface area contributed by atoms with Crippen LogP contribution in [0.4, 0.5) is 5.69 Å². The molecule has 142 valence electrons. The summed E-state index contributed by atoms with van der Waals surface area (Å²) in [7, 11) is 0. The van der Waals surface area contributed by atoms with Crippen LogP contribution in [0.15, 0.2) is 42.5 Å². The number of amides is 2. The van der Waals surface area contributed by atoms with Crippen LogP contribution in [0.5, 0.6) is 0 Å². The molecule has 1 fully saturated rings. The lowest BCUT2D eigenvalue weighted by Crippen LogP contribution is -2.29. The van der Waals surface area contributed by atoms with Crippen molar-refractivity contribution in [1.29, 1.82) is 0 Å². The number of anilines is 1. The maximum atomic E-state index is 12.3. The number of carbonyl (C=O) groups is 2. The summed E-state index contributed by atoms with van der Waals surface area (Å²) in [4.78, 5) is 26.3. The van der Waals surface area contributed by atoms with Gasteiger partial charge in [0.25, 0.3) is 5.91 Å². The molecule has 0 atom stereocenters. The average Bonchev–Trinajstić information content (AvgIpc) is 3.20. The van der Waals surface area contributed by atoms with Gasteiger partial charge in [0.05, 0.1) is 6.54 Å². The third-order valence-corrected chi connectivity index (χ3v) is 4.91. The SMILES string of the molecule is Cc1ccc(NCC(=O)NCc2ccc(C(=O)N3CCCC3)cc2)c(C)c1. The van der Waals surface area contributed by atoms with E-state index in [0.717, 1.165) is 42.7 Å². The number of rotatable bonds is 6. The van der Waals surface area contributed by atoms with Gasteiger partial charge in [0.2, 0.25) is 5.91 Å². The van der Waals surface area contributed by atoms with Gasteiger partial charge in [-0.05, 0) is 56.0 Å². The Balaban J connectivity index is 1.46. The van der Waals surface area contributed by atoms with E-state index in [-0.39, 0.29) is 18.4 Å². The fourth-order valence-corrected chi connectivity index (χ4v) is 3.32. The largest absolute Gasteiger partial charge is 0.376 e. The zero-order valence-electron chi connectivity index (χ0n) is 16.0. The second-order valence-corrected chi connectivity index (χ2v) is 7.14. The van der Waals surface area contributed by atoms with E-state index in [1.807, 2.05) is 55.1 Å². The van der Waals surface area contributed by atoms with E-state index in [1.165, 1.54) is 5.56 Å². The highest BCUT2D eigenvalue weighted by Gasteiger charge is 2.19. The van der Waals surface area contributed by atoms with Crippen LogP contribution in [0.3, 0.4) is 0 Å². The quantitative estimate of drug-likeness (QED) is 0.826. The molecule has 2 N–H and O–H groups in total. The molecule has 2 aromatic carbocycles. The van der Waals surface area contributed by atoms with Crippen molar-refractivity contribution in [2.75, 3.05) is 25.0 Å². The molecule has 0 aromatic heterocycles. The monoisotopic (exact) mass is 365 g/mol. The number of hydrogen-bond acceptors (Lipinski definition) is 3. The van der Waals surface area contributed by atoms with Gasteiger partial charge < -0.3 is 15.5 Å². The Hall–Kier alpha value is -2.82. The van der Waals surface area contributed by atoms with Gasteiger partial charge in [-0.15, -0.1) is 0 Å². The fraction of sp³-hybridized carbons (Fsp3) is 0.364. The van der Waals surface area contributed by atoms with E-state index >= 15 is 0 Å². The summed E-state index contributed by atoms with van der Waals surface area (Å²) >= 11 is 0. The van der Waals surface area contributed by atoms with Crippen molar-refractivity contribution in [1.82, 2.24) is 10.2 Å². The Morgan fingerprint density at radius 2 is 1.70 bits per heavy atom. The Morgan fingerprint density at radius 1 is 1.00 bits per heavy atom. The van der Waals surface area contributed by atoms with E-state index < -0.39 is 0 Å². The van der Waals surface area contributed by atoms with E-state index in [0.29, 0.717) is 12.1 Å². The summed E-state index contributed by atoms with van der Waals surface area (Å²) in [5.74, 6) is 0.0351. The first-order valence-corrected chi connectivity index (χ1v) is 9.49. The van der Waals surface area contributed by atoms with Crippen molar-refractivity contribution in [3.8, 4) is 0 Å². The minimum absolute atomic E-state index is 0.0628. The minimum atomic E-state index is -0.0628. The van der Waals surface area contributed by atoms with E-state index in [1.54, 1.807) is 0 Å². The highest BCUT2D eigenvalue weighted by molar-refractivity contribution is 5.94. The van der Waals surface area contributed by atoms with Gasteiger partial charge in [0.1, 0.15) is 0 Å². The number of nitrogens with zero attached hydrogens (tertiary/aromatic N) is 1. The van der Waals surface area contributed by atoms with Crippen LogP contribution in [-0.2, 0) is 11.3 Å². The first-order valence-electron chi connectivity index (χ1n) is 9.49. The third kappa shape index (κ3) is 5.09. The Labute approximate surface area is 160 Å². The van der Waals surface area contributed by atoms with Crippen LogP contribution in [-0.4, -0.2) is 36.3 Å². The molecule has 0 radical (unpaired) electrons. The number of carbonyl (C=O) groups excluding carboxylic acids is 2. The average molecular weight is 365 g/mol. The first kappa shape index (κ1) is 19.0. The van der Waals surface area contributed by atoms with Gasteiger partial charge in [0, 0.05) is 30.9 Å². The fourth-order valence-electron chi connectivity index (χ4n) is 3.32. The summed E-state index contributed by atoms with van der Waals surface area (Å²) < 4.78 is 0. The number of hydrogen-bond donors (Lipinski definition) is 2. The van der Waals surface area contributed by atoms with Gasteiger partial charge in [-0.3, -0.25) is 9.59 Å². The molecule has 0 unspecified atom stereocenters. The van der Waals surface area contributed by atoms with Crippen molar-refractivity contribution in [3.05, 3.63) is 64.7 Å². The van der Waals surface area contributed by atoms with Gasteiger partial charge >= 0.3 is 0 Å². The van der Waals surface area contributed by atoms with Crippen molar-refractivity contribution in [2.24, 2.45) is 0 Å². The Bertz CT molecular complexity index is 809. The molecule has 1 saturated heterocycles. The summed E-state index contributed by atoms with van der Waals surface area (Å²) in [5, 5.41) is 6.08. The maximum absolute atomic E-state index is 12.3. The number of nitrogens with one attached hydrogen (secondary N) is 2. The van der Waals surface area contributed by atoms with E-state index in [4.69, 9.17) is 0 Å². The van der Waals surface area contributed by atoms with Gasteiger partial charge in [-0.25, -0.2) is 0 Å². The van der Waals surface area contributed by atoms with Crippen LogP contribution >= 0.6 is 0 Å². The molecule has 1 heterocycles. The molecule has 5 heteroatoms. The highest BCUT2D eigenvalue weighted by atomic mass is 16.2. The van der Waals surface area contributed by atoms with E-state index in [9.17, 15) is 9.59 Å². The normalized spacial score (nSPS) is 13.5. The van der Waals surface area contributed by atoms with Crippen molar-refractivity contribution < 1.29 is 9.59 Å². The predicted molar refractivity (Wildman–Crippen MR) is 108 cm³/mol. The summed E-state index contributed by atoms with van der Waals surface area (Å²) in [6.07, 6.45) is 2.18. The van der Waals surface area contributed by atoms with Crippen molar-refractivity contribution in [2.45, 2.75) is 33.2 Å². The molecule has 27 heavy (non-hydrogen) atoms. The van der Waals surface area contributed by atoms with Gasteiger partial charge in [-0.2, -0.15) is 0 Å². The Kier molecular flexibility index (Phi) is 6.12. The van der Waals surface area contributed by atoms with Crippen LogP contribution in [0.25, 0.3) is 0 Å². The summed E-state index contributed by atoms with van der Waals surface area (Å²) in [5.41, 5.74) is 4.99. The molecule has 0 spiro atoms. The predicted octanol–water partition coefficient (Wildman–Crippen LogP) is 3.27. The topological polar surface area (TPSA) is 61.4 Å². The molecule has 0 bridgehead atoms. The van der Waals surface area contributed by atoms with E-state index in [2.05, 4.69) is 16.7 Å². The lowest BCUT2D eigenvalue weighted by molar-refractivity contribution is -0.119. The zero-order valence-corrected chi connectivity index (χ0v) is 16.0. The lowest BCUT2D eigenvalue weighted by Gasteiger charge is -2.15. The summed E-state index contributed by atoms with van der Waals surface area (Å²) in [6.45, 7) is 6.46. The highest BCUT2D eigenvalue weighted by Crippen LogP contribution is 2.16. The Morgan fingerprint density at radius 3 is 2.37 bits per heavy atom. The van der Waals surface area contributed by atoms with Crippen LogP contribution < -0.4 is 10.6 Å². The number of benzene rings is 2.